The number of rotatable bonds is 7. The second-order valence-corrected chi connectivity index (χ2v) is 4.99. The number of pyridine rings is 1. The first kappa shape index (κ1) is 19.7. The lowest BCUT2D eigenvalue weighted by Gasteiger charge is -2.11. The Morgan fingerprint density at radius 2 is 1.96 bits per heavy atom. The monoisotopic (exact) mass is 351 g/mol. The number of nitrogens with zero attached hydrogens (tertiary/aromatic N) is 1. The Morgan fingerprint density at radius 1 is 1.25 bits per heavy atom. The van der Waals surface area contributed by atoms with Crippen LogP contribution in [0, 0.1) is 0 Å². The molecule has 0 aliphatic heterocycles. The molecule has 7 heteroatoms. The number of benzene rings is 1. The van der Waals surface area contributed by atoms with E-state index < -0.39 is 6.04 Å². The van der Waals surface area contributed by atoms with E-state index in [1.165, 1.54) is 0 Å². The van der Waals surface area contributed by atoms with E-state index >= 15 is 0 Å². The predicted molar refractivity (Wildman–Crippen MR) is 94.7 cm³/mol. The zero-order valence-corrected chi connectivity index (χ0v) is 14.5. The fraction of sp³-hybridized carbons (Fsp3) is 0.294. The highest BCUT2D eigenvalue weighted by Gasteiger charge is 2.08. The fourth-order valence-corrected chi connectivity index (χ4v) is 1.85. The molecule has 0 saturated heterocycles. The van der Waals surface area contributed by atoms with Gasteiger partial charge in [-0.15, -0.1) is 12.4 Å². The third-order valence-electron chi connectivity index (χ3n) is 3.04. The molecule has 1 aromatic heterocycles. The largest absolute Gasteiger partial charge is 0.490 e. The number of hydrogen-bond acceptors (Lipinski definition) is 5. The third kappa shape index (κ3) is 5.72. The Kier molecular flexibility index (Phi) is 8.01. The van der Waals surface area contributed by atoms with Crippen LogP contribution in [0.15, 0.2) is 42.6 Å². The van der Waals surface area contributed by atoms with Crippen molar-refractivity contribution in [1.29, 1.82) is 0 Å². The number of ether oxygens (including phenoxy) is 2. The molecule has 0 radical (unpaired) electrons. The fourth-order valence-electron chi connectivity index (χ4n) is 1.85. The summed E-state index contributed by atoms with van der Waals surface area (Å²) in [7, 11) is 0. The van der Waals surface area contributed by atoms with Crippen LogP contribution in [0.1, 0.15) is 19.4 Å². The SMILES string of the molecule is CCOc1ccccc1Oc1ccc(CNC(=O)C(C)N)cn1.Cl. The Balaban J connectivity index is 0.00000288. The number of aromatic nitrogens is 1. The van der Waals surface area contributed by atoms with Crippen LogP contribution in [0.3, 0.4) is 0 Å². The molecule has 1 unspecified atom stereocenters. The lowest BCUT2D eigenvalue weighted by atomic mass is 10.2. The molecule has 130 valence electrons. The van der Waals surface area contributed by atoms with Gasteiger partial charge in [0.1, 0.15) is 0 Å². The van der Waals surface area contributed by atoms with E-state index in [4.69, 9.17) is 15.2 Å². The molecule has 0 saturated carbocycles. The normalized spacial score (nSPS) is 11.1. The molecule has 2 aromatic rings. The van der Waals surface area contributed by atoms with Gasteiger partial charge in [-0.25, -0.2) is 4.98 Å². The maximum atomic E-state index is 11.4. The molecule has 1 aromatic carbocycles. The topological polar surface area (TPSA) is 86.5 Å². The van der Waals surface area contributed by atoms with Crippen molar-refractivity contribution in [3.05, 3.63) is 48.2 Å². The summed E-state index contributed by atoms with van der Waals surface area (Å²) in [6, 6.07) is 10.5. The highest BCUT2D eigenvalue weighted by Crippen LogP contribution is 2.30. The second kappa shape index (κ2) is 9.75. The molecule has 2 rings (SSSR count). The number of nitrogens with one attached hydrogen (secondary N) is 1. The number of amides is 1. The Bertz CT molecular complexity index is 648. The summed E-state index contributed by atoms with van der Waals surface area (Å²) in [6.45, 7) is 4.50. The molecular weight excluding hydrogens is 330 g/mol. The van der Waals surface area contributed by atoms with Gasteiger partial charge in [0, 0.05) is 18.8 Å². The molecule has 1 amide bonds. The molecule has 0 bridgehead atoms. The van der Waals surface area contributed by atoms with Gasteiger partial charge in [-0.05, 0) is 31.5 Å². The summed E-state index contributed by atoms with van der Waals surface area (Å²) < 4.78 is 11.2. The minimum absolute atomic E-state index is 0. The van der Waals surface area contributed by atoms with Crippen molar-refractivity contribution in [2.75, 3.05) is 6.61 Å². The van der Waals surface area contributed by atoms with Gasteiger partial charge in [0.2, 0.25) is 11.8 Å². The van der Waals surface area contributed by atoms with Crippen LogP contribution in [0.2, 0.25) is 0 Å². The zero-order chi connectivity index (χ0) is 16.7. The summed E-state index contributed by atoms with van der Waals surface area (Å²) in [6.07, 6.45) is 1.65. The third-order valence-corrected chi connectivity index (χ3v) is 3.04. The molecule has 1 heterocycles. The molecule has 0 aliphatic rings. The summed E-state index contributed by atoms with van der Waals surface area (Å²) in [4.78, 5) is 15.7. The highest BCUT2D eigenvalue weighted by molar-refractivity contribution is 5.85. The van der Waals surface area contributed by atoms with Gasteiger partial charge < -0.3 is 20.5 Å². The minimum Gasteiger partial charge on any atom is -0.490 e. The van der Waals surface area contributed by atoms with Gasteiger partial charge in [-0.1, -0.05) is 18.2 Å². The van der Waals surface area contributed by atoms with Crippen LogP contribution in [0.4, 0.5) is 0 Å². The molecule has 0 spiro atoms. The van der Waals surface area contributed by atoms with Crippen LogP contribution in [-0.2, 0) is 11.3 Å². The van der Waals surface area contributed by atoms with Crippen molar-refractivity contribution in [2.24, 2.45) is 5.73 Å². The lowest BCUT2D eigenvalue weighted by molar-refractivity contribution is -0.122. The van der Waals surface area contributed by atoms with Crippen molar-refractivity contribution >= 4 is 18.3 Å². The smallest absolute Gasteiger partial charge is 0.236 e. The first-order valence-electron chi connectivity index (χ1n) is 7.48. The molecule has 0 fully saturated rings. The van der Waals surface area contributed by atoms with Gasteiger partial charge in [-0.3, -0.25) is 4.79 Å². The number of hydrogen-bond donors (Lipinski definition) is 2. The van der Waals surface area contributed by atoms with Gasteiger partial charge in [0.05, 0.1) is 12.6 Å². The van der Waals surface area contributed by atoms with Crippen molar-refractivity contribution in [2.45, 2.75) is 26.4 Å². The summed E-state index contributed by atoms with van der Waals surface area (Å²) >= 11 is 0. The van der Waals surface area contributed by atoms with Gasteiger partial charge in [0.15, 0.2) is 11.5 Å². The van der Waals surface area contributed by atoms with Crippen LogP contribution in [0.5, 0.6) is 17.4 Å². The van der Waals surface area contributed by atoms with Crippen LogP contribution < -0.4 is 20.5 Å². The molecule has 3 N–H and O–H groups in total. The van der Waals surface area contributed by atoms with Gasteiger partial charge >= 0.3 is 0 Å². The van der Waals surface area contributed by atoms with Gasteiger partial charge in [0.25, 0.3) is 0 Å². The molecule has 1 atom stereocenters. The Morgan fingerprint density at radius 3 is 2.54 bits per heavy atom. The zero-order valence-electron chi connectivity index (χ0n) is 13.7. The van der Waals surface area contributed by atoms with E-state index in [2.05, 4.69) is 10.3 Å². The van der Waals surface area contributed by atoms with E-state index in [0.717, 1.165) is 5.56 Å². The second-order valence-electron chi connectivity index (χ2n) is 4.99. The maximum absolute atomic E-state index is 11.4. The van der Waals surface area contributed by atoms with E-state index in [1.807, 2.05) is 37.3 Å². The molecular formula is C17H22ClN3O3. The average molecular weight is 352 g/mol. The number of halogens is 1. The van der Waals surface area contributed by atoms with E-state index in [0.29, 0.717) is 30.5 Å². The van der Waals surface area contributed by atoms with E-state index in [-0.39, 0.29) is 18.3 Å². The van der Waals surface area contributed by atoms with E-state index in [1.54, 1.807) is 19.2 Å². The number of carbonyl (C=O) groups is 1. The number of nitrogens with two attached hydrogens (primary N) is 1. The molecule has 24 heavy (non-hydrogen) atoms. The van der Waals surface area contributed by atoms with Crippen LogP contribution in [-0.4, -0.2) is 23.5 Å². The van der Waals surface area contributed by atoms with Gasteiger partial charge in [-0.2, -0.15) is 0 Å². The number of para-hydroxylation sites is 2. The molecule has 0 aliphatic carbocycles. The van der Waals surface area contributed by atoms with Crippen molar-refractivity contribution < 1.29 is 14.3 Å². The minimum atomic E-state index is -0.527. The van der Waals surface area contributed by atoms with Crippen LogP contribution in [0.25, 0.3) is 0 Å². The standard InChI is InChI=1S/C17H21N3O3.ClH/c1-3-22-14-6-4-5-7-15(14)23-16-9-8-13(10-19-16)11-20-17(21)12(2)18;/h4-10,12H,3,11,18H2,1-2H3,(H,20,21);1H. The Labute approximate surface area is 147 Å². The van der Waals surface area contributed by atoms with Crippen molar-refractivity contribution in [1.82, 2.24) is 10.3 Å². The summed E-state index contributed by atoms with van der Waals surface area (Å²) in [5.41, 5.74) is 6.35. The summed E-state index contributed by atoms with van der Waals surface area (Å²) in [5, 5.41) is 2.73. The van der Waals surface area contributed by atoms with Crippen molar-refractivity contribution in [3.63, 3.8) is 0 Å². The lowest BCUT2D eigenvalue weighted by Crippen LogP contribution is -2.37. The first-order valence-corrected chi connectivity index (χ1v) is 7.48. The maximum Gasteiger partial charge on any atom is 0.236 e. The first-order chi connectivity index (χ1) is 11.1. The number of carbonyl (C=O) groups excluding carboxylic acids is 1. The molecule has 6 nitrogen and oxygen atoms in total. The Hall–Kier alpha value is -2.31. The van der Waals surface area contributed by atoms with E-state index in [9.17, 15) is 4.79 Å². The quantitative estimate of drug-likeness (QED) is 0.800. The van der Waals surface area contributed by atoms with Crippen molar-refractivity contribution in [3.8, 4) is 17.4 Å². The summed E-state index contributed by atoms with van der Waals surface area (Å²) in [5.74, 6) is 1.54. The van der Waals surface area contributed by atoms with Crippen LogP contribution >= 0.6 is 12.4 Å². The predicted octanol–water partition coefficient (Wildman–Crippen LogP) is 2.66. The average Bonchev–Trinajstić information content (AvgIpc) is 2.56. The highest BCUT2D eigenvalue weighted by atomic mass is 35.5.